The fourth-order valence-electron chi connectivity index (χ4n) is 22.6. The van der Waals surface area contributed by atoms with Gasteiger partial charge in [0.1, 0.15) is 19.0 Å². The number of fused-ring (bicyclic) bond motifs is 12. The van der Waals surface area contributed by atoms with E-state index in [2.05, 4.69) is 69.2 Å². The maximum atomic E-state index is 13.5. The van der Waals surface area contributed by atoms with Crippen LogP contribution in [0, 0.1) is 80.8 Å². The van der Waals surface area contributed by atoms with Crippen molar-refractivity contribution < 1.29 is 38.4 Å². The highest BCUT2D eigenvalue weighted by Gasteiger charge is 2.66. The van der Waals surface area contributed by atoms with Gasteiger partial charge in [0.15, 0.2) is 0 Å². The number of nitrogens with zero attached hydrogens (tertiary/aromatic N) is 2. The zero-order valence-corrected chi connectivity index (χ0v) is 53.1. The molecule has 2 spiro atoms. The van der Waals surface area contributed by atoms with Crippen molar-refractivity contribution >= 4 is 18.0 Å². The Morgan fingerprint density at radius 2 is 1.04 bits per heavy atom. The predicted octanol–water partition coefficient (Wildman–Crippen LogP) is 16.0. The van der Waals surface area contributed by atoms with Crippen molar-refractivity contribution in [3.63, 3.8) is 0 Å². The molecular formula is C74H104N2O8. The molecule has 458 valence electrons. The van der Waals surface area contributed by atoms with Gasteiger partial charge in [0.25, 0.3) is 0 Å². The van der Waals surface area contributed by atoms with E-state index in [1.807, 2.05) is 70.5 Å². The molecule has 21 atom stereocenters. The lowest BCUT2D eigenvalue weighted by molar-refractivity contribution is -0.142. The third kappa shape index (κ3) is 9.73. The zero-order chi connectivity index (χ0) is 58.9. The molecule has 0 radical (unpaired) electrons. The summed E-state index contributed by atoms with van der Waals surface area (Å²) in [6.45, 7) is 26.2. The Labute approximate surface area is 504 Å². The van der Waals surface area contributed by atoms with Crippen molar-refractivity contribution in [2.75, 3.05) is 13.1 Å². The predicted molar refractivity (Wildman–Crippen MR) is 328 cm³/mol. The molecule has 4 saturated heterocycles. The summed E-state index contributed by atoms with van der Waals surface area (Å²) in [5.74, 6) is 6.09. The van der Waals surface area contributed by atoms with Crippen molar-refractivity contribution in [3.05, 3.63) is 94.1 Å². The van der Waals surface area contributed by atoms with Gasteiger partial charge >= 0.3 is 12.2 Å². The number of allylic oxidation sites excluding steroid dienone is 2. The monoisotopic (exact) mass is 1150 g/mol. The highest BCUT2D eigenvalue weighted by atomic mass is 16.6. The molecule has 2 amide bonds. The lowest BCUT2D eigenvalue weighted by Gasteiger charge is -2.60. The number of carbonyl (C=O) groups excluding carboxylic acids is 3. The first-order valence-electron chi connectivity index (χ1n) is 33.9. The number of aliphatic hydroxyl groups excluding tert-OH is 1. The van der Waals surface area contributed by atoms with Crippen LogP contribution in [-0.4, -0.2) is 87.6 Å². The lowest BCUT2D eigenvalue weighted by Crippen LogP contribution is -2.54. The van der Waals surface area contributed by atoms with E-state index in [4.69, 9.17) is 18.9 Å². The number of benzene rings is 2. The minimum atomic E-state index is -0.210. The average molecular weight is 1150 g/mol. The van der Waals surface area contributed by atoms with Gasteiger partial charge in [-0.25, -0.2) is 9.59 Å². The van der Waals surface area contributed by atoms with Crippen molar-refractivity contribution in [3.8, 4) is 0 Å². The summed E-state index contributed by atoms with van der Waals surface area (Å²) in [5.41, 5.74) is 9.26. The number of rotatable bonds is 4. The summed E-state index contributed by atoms with van der Waals surface area (Å²) in [6, 6.07) is 20.1. The fourth-order valence-corrected chi connectivity index (χ4v) is 22.6. The molecule has 10 fully saturated rings. The Morgan fingerprint density at radius 1 is 0.583 bits per heavy atom. The second-order valence-corrected chi connectivity index (χ2v) is 31.9. The number of hydrogen-bond donors (Lipinski definition) is 1. The SMILES string of the molecule is CC1=C2C[C@H]3[C@@H](CC[C@]4(C)CC(=O)CC[C@]34C)[C@@H]2CC[C@@]2(C1)O[C@@H]1C[C@H](C)CN(C(=O)OCc3ccccc3)[C@H]1[C@H]2C.CC1=C2C[C@H]3[C@@H](CC[C@]4(C)C[C@H](O)CC[C@]34C)[C@@H]2CC[C@@]2(C1)O[C@@H]1C[C@H](C)CN(C(=O)OCc3ccccc3)[C@H]1[C@H]2C. The Hall–Kier alpha value is -3.99. The van der Waals surface area contributed by atoms with Crippen LogP contribution in [0.3, 0.4) is 0 Å². The normalized spacial score (nSPS) is 45.6. The first-order valence-corrected chi connectivity index (χ1v) is 33.9. The van der Waals surface area contributed by atoms with Crippen LogP contribution in [0.4, 0.5) is 9.59 Å². The number of carbonyl (C=O) groups is 3. The molecule has 8 aliphatic carbocycles. The van der Waals surface area contributed by atoms with E-state index in [9.17, 15) is 19.5 Å². The molecule has 4 heterocycles. The highest BCUT2D eigenvalue weighted by Crippen LogP contribution is 2.71. The molecule has 4 aliphatic heterocycles. The molecule has 14 rings (SSSR count). The smallest absolute Gasteiger partial charge is 0.410 e. The summed E-state index contributed by atoms with van der Waals surface area (Å²) < 4.78 is 26.1. The van der Waals surface area contributed by atoms with Crippen LogP contribution in [0.1, 0.15) is 209 Å². The largest absolute Gasteiger partial charge is 0.445 e. The third-order valence-corrected chi connectivity index (χ3v) is 27.6. The quantitative estimate of drug-likeness (QED) is 0.301. The Balaban J connectivity index is 0.000000157. The zero-order valence-electron chi connectivity index (χ0n) is 53.1. The van der Waals surface area contributed by atoms with E-state index in [1.54, 1.807) is 22.3 Å². The molecule has 0 bridgehead atoms. The van der Waals surface area contributed by atoms with Crippen molar-refractivity contribution in [1.29, 1.82) is 0 Å². The van der Waals surface area contributed by atoms with Gasteiger partial charge in [-0.2, -0.15) is 0 Å². The number of hydrogen-bond acceptors (Lipinski definition) is 8. The molecule has 2 aromatic rings. The van der Waals surface area contributed by atoms with Crippen LogP contribution < -0.4 is 0 Å². The molecule has 12 aliphatic rings. The second kappa shape index (κ2) is 21.9. The Kier molecular flexibility index (Phi) is 15.4. The van der Waals surface area contributed by atoms with Gasteiger partial charge in [0, 0.05) is 37.8 Å². The van der Waals surface area contributed by atoms with Gasteiger partial charge < -0.3 is 33.9 Å². The number of amides is 2. The first kappa shape index (κ1) is 59.0. The van der Waals surface area contributed by atoms with Crippen LogP contribution in [0.15, 0.2) is 83.0 Å². The summed E-state index contributed by atoms with van der Waals surface area (Å²) in [4.78, 5) is 43.7. The Morgan fingerprint density at radius 3 is 1.51 bits per heavy atom. The number of Topliss-reactive ketones (excluding diaryl/α,β-unsaturated/α-hetero) is 1. The van der Waals surface area contributed by atoms with Gasteiger partial charge in [-0.15, -0.1) is 0 Å². The fraction of sp³-hybridized carbons (Fsp3) is 0.743. The summed E-state index contributed by atoms with van der Waals surface area (Å²) in [7, 11) is 0. The van der Waals surface area contributed by atoms with Crippen LogP contribution >= 0.6 is 0 Å². The van der Waals surface area contributed by atoms with Crippen molar-refractivity contribution in [2.45, 2.75) is 252 Å². The molecule has 2 aromatic carbocycles. The lowest BCUT2D eigenvalue weighted by atomic mass is 9.45. The highest BCUT2D eigenvalue weighted by molar-refractivity contribution is 5.80. The standard InChI is InChI=1S/C37H53NO4.C37H51NO4/c2*1-23-17-32-33(38(21-23)34(40)41-22-26-9-7-6-8-10-26)25(3)37(42-32)16-13-28-29-12-14-35(4)20-27(39)11-15-36(35,5)31(29)18-30(28)24(2)19-37/h6-10,23,25,27-29,31-33,39H,11-22H2,1-5H3;6-10,23,25,28-29,31-33H,11-22H2,1-5H3/t23-,25+,27+,28-,29-,31-,32+,33-,35+,36+,37-;23-,25+,28-,29-,31-,32+,33-,35+,36+,37-/m00/s1. The van der Waals surface area contributed by atoms with Gasteiger partial charge in [-0.1, -0.05) is 138 Å². The number of ether oxygens (including phenoxy) is 4. The molecule has 1 N–H and O–H groups in total. The van der Waals surface area contributed by atoms with Gasteiger partial charge in [-0.05, 0) is 210 Å². The molecule has 0 unspecified atom stereocenters. The van der Waals surface area contributed by atoms with Crippen molar-refractivity contribution in [1.82, 2.24) is 9.80 Å². The van der Waals surface area contributed by atoms with Crippen LogP contribution in [-0.2, 0) is 37.0 Å². The number of ketones is 1. The van der Waals surface area contributed by atoms with Gasteiger partial charge in [0.2, 0.25) is 0 Å². The maximum Gasteiger partial charge on any atom is 0.410 e. The van der Waals surface area contributed by atoms with Gasteiger partial charge in [0.05, 0.1) is 41.6 Å². The summed E-state index contributed by atoms with van der Waals surface area (Å²) in [6.07, 6.45) is 21.5. The topological polar surface area (TPSA) is 115 Å². The Bertz CT molecular complexity index is 2890. The second-order valence-electron chi connectivity index (χ2n) is 31.9. The van der Waals surface area contributed by atoms with E-state index in [0.29, 0.717) is 54.0 Å². The van der Waals surface area contributed by atoms with Crippen LogP contribution in [0.2, 0.25) is 0 Å². The van der Waals surface area contributed by atoms with E-state index in [-0.39, 0.29) is 81.9 Å². The van der Waals surface area contributed by atoms with Gasteiger partial charge in [-0.3, -0.25) is 4.79 Å². The van der Waals surface area contributed by atoms with E-state index >= 15 is 0 Å². The maximum absolute atomic E-state index is 13.5. The molecule has 0 aromatic heterocycles. The van der Waals surface area contributed by atoms with E-state index < -0.39 is 0 Å². The molecular weight excluding hydrogens is 1040 g/mol. The number of likely N-dealkylation sites (tertiary alicyclic amines) is 2. The third-order valence-electron chi connectivity index (χ3n) is 27.6. The summed E-state index contributed by atoms with van der Waals surface area (Å²) >= 11 is 0. The molecule has 10 nitrogen and oxygen atoms in total. The average Bonchev–Trinajstić information content (AvgIpc) is 2.28. The minimum absolute atomic E-state index is 0.0713. The van der Waals surface area contributed by atoms with E-state index in [1.165, 1.54) is 57.8 Å². The summed E-state index contributed by atoms with van der Waals surface area (Å²) in [5, 5.41) is 10.6. The molecule has 84 heavy (non-hydrogen) atoms. The molecule has 6 saturated carbocycles. The van der Waals surface area contributed by atoms with Crippen LogP contribution in [0.5, 0.6) is 0 Å². The number of aliphatic hydroxyl groups is 1. The molecule has 10 heteroatoms. The van der Waals surface area contributed by atoms with E-state index in [0.717, 1.165) is 113 Å². The van der Waals surface area contributed by atoms with Crippen molar-refractivity contribution in [2.24, 2.45) is 80.8 Å². The first-order chi connectivity index (χ1) is 40.1. The van der Waals surface area contributed by atoms with Crippen LogP contribution in [0.25, 0.3) is 0 Å². The number of piperidine rings is 2. The minimum Gasteiger partial charge on any atom is -0.445 e.